The fourth-order valence-electron chi connectivity index (χ4n) is 2.94. The molecule has 0 aliphatic heterocycles. The maximum Gasteiger partial charge on any atom is 0.320 e. The fourth-order valence-corrected chi connectivity index (χ4v) is 3.63. The number of nitrogens with one attached hydrogen (secondary N) is 3. The standard InChI is InChI=1S/C21H27N5O6S/c1-14(2)20(21(28)29)23-10-4-9-22-17-5-3-6-18(33(30,31)32)16(17)12-25-26-19-8-7-15(13-27)11-24-19/h3,5-8,11-14,20,22-23H,4,9-10H2,1-2H3,(H,24,26)(H,28,29)(H,30,31,32)/t20-/m0/s1. The van der Waals surface area contributed by atoms with Crippen LogP contribution in [0.15, 0.2) is 46.5 Å². The number of aromatic nitrogens is 1. The summed E-state index contributed by atoms with van der Waals surface area (Å²) in [6.45, 7) is 4.48. The first kappa shape index (κ1) is 25.9. The maximum atomic E-state index is 11.8. The second kappa shape index (κ2) is 12.0. The van der Waals surface area contributed by atoms with Gasteiger partial charge in [-0.1, -0.05) is 19.9 Å². The van der Waals surface area contributed by atoms with Crippen molar-refractivity contribution < 1.29 is 27.7 Å². The van der Waals surface area contributed by atoms with Crippen LogP contribution in [0.3, 0.4) is 0 Å². The summed E-state index contributed by atoms with van der Waals surface area (Å²) in [7, 11) is -4.52. The van der Waals surface area contributed by atoms with Gasteiger partial charge in [0.25, 0.3) is 10.1 Å². The van der Waals surface area contributed by atoms with Crippen molar-refractivity contribution in [2.45, 2.75) is 31.2 Å². The summed E-state index contributed by atoms with van der Waals surface area (Å²) in [5.74, 6) is -0.652. The maximum absolute atomic E-state index is 11.8. The van der Waals surface area contributed by atoms with Crippen LogP contribution >= 0.6 is 0 Å². The molecule has 33 heavy (non-hydrogen) atoms. The first-order valence-electron chi connectivity index (χ1n) is 10.1. The Balaban J connectivity index is 2.09. The number of aldehydes is 1. The zero-order valence-electron chi connectivity index (χ0n) is 18.2. The van der Waals surface area contributed by atoms with Crippen molar-refractivity contribution in [2.24, 2.45) is 11.0 Å². The van der Waals surface area contributed by atoms with E-state index in [1.807, 2.05) is 13.8 Å². The Kier molecular flexibility index (Phi) is 9.45. The molecule has 0 bridgehead atoms. The summed E-state index contributed by atoms with van der Waals surface area (Å²) in [6, 6.07) is 6.78. The Morgan fingerprint density at radius 2 is 1.97 bits per heavy atom. The van der Waals surface area contributed by atoms with Gasteiger partial charge in [-0.15, -0.1) is 0 Å². The molecule has 1 heterocycles. The average Bonchev–Trinajstić information content (AvgIpc) is 2.76. The molecule has 5 N–H and O–H groups in total. The van der Waals surface area contributed by atoms with Crippen molar-refractivity contribution in [2.75, 3.05) is 23.8 Å². The van der Waals surface area contributed by atoms with Gasteiger partial charge >= 0.3 is 5.97 Å². The van der Waals surface area contributed by atoms with Gasteiger partial charge in [0.1, 0.15) is 16.8 Å². The quantitative estimate of drug-likeness (QED) is 0.0946. The van der Waals surface area contributed by atoms with Gasteiger partial charge in [0.05, 0.1) is 6.21 Å². The minimum absolute atomic E-state index is 0.0682. The molecule has 0 fully saturated rings. The number of hydrogen-bond donors (Lipinski definition) is 5. The summed E-state index contributed by atoms with van der Waals surface area (Å²) < 4.78 is 33.2. The highest BCUT2D eigenvalue weighted by Gasteiger charge is 2.20. The summed E-state index contributed by atoms with van der Waals surface area (Å²) in [6.07, 6.45) is 3.80. The SMILES string of the molecule is CC(C)[C@H](NCCCNc1cccc(S(=O)(=O)O)c1C=NNc1ccc(C=O)cn1)C(=O)O. The lowest BCUT2D eigenvalue weighted by molar-refractivity contribution is -0.140. The monoisotopic (exact) mass is 477 g/mol. The van der Waals surface area contributed by atoms with E-state index in [1.54, 1.807) is 12.1 Å². The number of hydrogen-bond acceptors (Lipinski definition) is 9. The van der Waals surface area contributed by atoms with E-state index in [-0.39, 0.29) is 16.4 Å². The van der Waals surface area contributed by atoms with E-state index < -0.39 is 22.1 Å². The molecule has 2 rings (SSSR count). The van der Waals surface area contributed by atoms with E-state index >= 15 is 0 Å². The van der Waals surface area contributed by atoms with E-state index in [0.29, 0.717) is 42.9 Å². The van der Waals surface area contributed by atoms with E-state index in [1.165, 1.54) is 30.6 Å². The lowest BCUT2D eigenvalue weighted by Gasteiger charge is -2.18. The van der Waals surface area contributed by atoms with E-state index in [4.69, 9.17) is 0 Å². The summed E-state index contributed by atoms with van der Waals surface area (Å²) in [4.78, 5) is 25.6. The number of carboxylic acid groups (broad SMARTS) is 1. The van der Waals surface area contributed by atoms with E-state index in [2.05, 4.69) is 26.1 Å². The Morgan fingerprint density at radius 3 is 2.55 bits per heavy atom. The van der Waals surface area contributed by atoms with Crippen molar-refractivity contribution in [3.05, 3.63) is 47.7 Å². The highest BCUT2D eigenvalue weighted by atomic mass is 32.2. The molecule has 1 aromatic heterocycles. The normalized spacial score (nSPS) is 12.6. The van der Waals surface area contributed by atoms with Gasteiger partial charge in [0, 0.05) is 29.6 Å². The zero-order chi connectivity index (χ0) is 24.4. The molecular weight excluding hydrogens is 450 g/mol. The van der Waals surface area contributed by atoms with Crippen LogP contribution in [0.5, 0.6) is 0 Å². The second-order valence-corrected chi connectivity index (χ2v) is 8.84. The van der Waals surface area contributed by atoms with Crippen LogP contribution in [0.2, 0.25) is 0 Å². The van der Waals surface area contributed by atoms with Crippen LogP contribution in [0.25, 0.3) is 0 Å². The Labute approximate surface area is 192 Å². The predicted octanol–water partition coefficient (Wildman–Crippen LogP) is 2.09. The van der Waals surface area contributed by atoms with Crippen LogP contribution in [0, 0.1) is 5.92 Å². The molecule has 0 spiro atoms. The van der Waals surface area contributed by atoms with Crippen molar-refractivity contribution in [1.82, 2.24) is 10.3 Å². The zero-order valence-corrected chi connectivity index (χ0v) is 19.0. The summed E-state index contributed by atoms with van der Waals surface area (Å²) in [5, 5.41) is 19.3. The number of carbonyl (C=O) groups excluding carboxylic acids is 1. The highest BCUT2D eigenvalue weighted by Crippen LogP contribution is 2.22. The van der Waals surface area contributed by atoms with Crippen LogP contribution in [0.4, 0.5) is 11.5 Å². The minimum atomic E-state index is -4.52. The van der Waals surface area contributed by atoms with E-state index in [0.717, 1.165) is 0 Å². The molecular formula is C21H27N5O6S. The third kappa shape index (κ3) is 7.93. The lowest BCUT2D eigenvalue weighted by Crippen LogP contribution is -2.41. The second-order valence-electron chi connectivity index (χ2n) is 7.45. The van der Waals surface area contributed by atoms with Crippen molar-refractivity contribution in [1.29, 1.82) is 0 Å². The number of carbonyl (C=O) groups is 2. The smallest absolute Gasteiger partial charge is 0.320 e. The number of carboxylic acids is 1. The molecule has 0 saturated carbocycles. The van der Waals surface area contributed by atoms with E-state index in [9.17, 15) is 27.7 Å². The first-order chi connectivity index (χ1) is 15.6. The van der Waals surface area contributed by atoms with Gasteiger partial charge in [-0.3, -0.25) is 19.6 Å². The fraction of sp³-hybridized carbons (Fsp3) is 0.333. The molecule has 1 aromatic carbocycles. The molecule has 0 radical (unpaired) electrons. The third-order valence-corrected chi connectivity index (χ3v) is 5.52. The lowest BCUT2D eigenvalue weighted by atomic mass is 10.0. The molecule has 1 atom stereocenters. The molecule has 0 saturated heterocycles. The molecule has 178 valence electrons. The molecule has 2 aromatic rings. The largest absolute Gasteiger partial charge is 0.480 e. The summed E-state index contributed by atoms with van der Waals surface area (Å²) in [5.41, 5.74) is 3.58. The van der Waals surface area contributed by atoms with Crippen LogP contribution in [0.1, 0.15) is 36.2 Å². The van der Waals surface area contributed by atoms with Gasteiger partial charge < -0.3 is 15.7 Å². The van der Waals surface area contributed by atoms with Gasteiger partial charge in [0.15, 0.2) is 6.29 Å². The number of rotatable bonds is 13. The predicted molar refractivity (Wildman–Crippen MR) is 124 cm³/mol. The third-order valence-electron chi connectivity index (χ3n) is 4.61. The molecule has 0 amide bonds. The molecule has 0 aliphatic rings. The number of hydrazone groups is 1. The Morgan fingerprint density at radius 1 is 1.21 bits per heavy atom. The van der Waals surface area contributed by atoms with Gasteiger partial charge in [-0.25, -0.2) is 4.98 Å². The number of nitrogens with zero attached hydrogens (tertiary/aromatic N) is 2. The van der Waals surface area contributed by atoms with Crippen molar-refractivity contribution in [3.8, 4) is 0 Å². The minimum Gasteiger partial charge on any atom is -0.480 e. The number of aliphatic carboxylic acids is 1. The Bertz CT molecular complexity index is 1090. The first-order valence-corrected chi connectivity index (χ1v) is 11.6. The van der Waals surface area contributed by atoms with Crippen molar-refractivity contribution >= 4 is 40.1 Å². The Hall–Kier alpha value is -3.35. The van der Waals surface area contributed by atoms with Gasteiger partial charge in [0.2, 0.25) is 0 Å². The number of benzene rings is 1. The van der Waals surface area contributed by atoms with Crippen LogP contribution in [-0.2, 0) is 14.9 Å². The number of pyridine rings is 1. The highest BCUT2D eigenvalue weighted by molar-refractivity contribution is 7.86. The van der Waals surface area contributed by atoms with Gasteiger partial charge in [-0.2, -0.15) is 13.5 Å². The topological polar surface area (TPSA) is 170 Å². The molecule has 0 aliphatic carbocycles. The van der Waals surface area contributed by atoms with Crippen LogP contribution in [-0.4, -0.2) is 60.7 Å². The molecule has 11 nitrogen and oxygen atoms in total. The molecule has 12 heteroatoms. The summed E-state index contributed by atoms with van der Waals surface area (Å²) >= 11 is 0. The van der Waals surface area contributed by atoms with Gasteiger partial charge in [-0.05, 0) is 43.1 Å². The van der Waals surface area contributed by atoms with Crippen LogP contribution < -0.4 is 16.1 Å². The average molecular weight is 478 g/mol. The number of anilines is 2. The van der Waals surface area contributed by atoms with Crippen molar-refractivity contribution in [3.63, 3.8) is 0 Å². The molecule has 0 unspecified atom stereocenters.